The van der Waals surface area contributed by atoms with E-state index < -0.39 is 5.41 Å². The number of fused-ring (bicyclic) bond motifs is 2. The third-order valence-corrected chi connectivity index (χ3v) is 5.87. The number of hydrogen-bond acceptors (Lipinski definition) is 4. The zero-order chi connectivity index (χ0) is 18.6. The lowest BCUT2D eigenvalue weighted by Gasteiger charge is -2.41. The van der Waals surface area contributed by atoms with Crippen molar-refractivity contribution in [2.45, 2.75) is 44.2 Å². The van der Waals surface area contributed by atoms with Crippen LogP contribution in [-0.4, -0.2) is 28.0 Å². The van der Waals surface area contributed by atoms with Crippen molar-refractivity contribution in [1.29, 1.82) is 0 Å². The monoisotopic (exact) mass is 358 g/mol. The molecule has 5 heteroatoms. The molecule has 27 heavy (non-hydrogen) atoms. The average molecular weight is 358 g/mol. The van der Waals surface area contributed by atoms with Crippen LogP contribution in [0.4, 0.5) is 11.6 Å². The van der Waals surface area contributed by atoms with Crippen LogP contribution >= 0.6 is 0 Å². The maximum atomic E-state index is 13.0. The Bertz CT molecular complexity index is 1040. The van der Waals surface area contributed by atoms with E-state index in [-0.39, 0.29) is 11.9 Å². The number of nitrogens with one attached hydrogen (secondary N) is 1. The molecule has 0 radical (unpaired) electrons. The predicted molar refractivity (Wildman–Crippen MR) is 107 cm³/mol. The normalized spacial score (nSPS) is 23.2. The molecule has 3 heterocycles. The van der Waals surface area contributed by atoms with Crippen LogP contribution in [-0.2, 0) is 10.2 Å². The van der Waals surface area contributed by atoms with Crippen LogP contribution in [0, 0.1) is 0 Å². The Morgan fingerprint density at radius 1 is 1.07 bits per heavy atom. The second-order valence-electron chi connectivity index (χ2n) is 8.03. The summed E-state index contributed by atoms with van der Waals surface area (Å²) in [6, 6.07) is 16.7. The molecule has 1 aliphatic heterocycles. The van der Waals surface area contributed by atoms with Crippen molar-refractivity contribution >= 4 is 28.4 Å². The number of anilines is 2. The molecule has 1 aliphatic carbocycles. The first-order valence-corrected chi connectivity index (χ1v) is 9.45. The lowest BCUT2D eigenvalue weighted by Crippen LogP contribution is -2.53. The van der Waals surface area contributed by atoms with Gasteiger partial charge in [-0.25, -0.2) is 9.97 Å². The SMILES string of the molecule is CC1(C)C(=O)N(C2CC(Nc3ccc4ccccc4n3)C2)c2ncccc21. The van der Waals surface area contributed by atoms with Gasteiger partial charge in [0.25, 0.3) is 0 Å². The first-order chi connectivity index (χ1) is 13.0. The van der Waals surface area contributed by atoms with E-state index in [1.807, 2.05) is 55.1 Å². The number of para-hydroxylation sites is 1. The third-order valence-electron chi connectivity index (χ3n) is 5.87. The Balaban J connectivity index is 1.31. The number of benzene rings is 1. The van der Waals surface area contributed by atoms with E-state index >= 15 is 0 Å². The standard InChI is InChI=1S/C22H22N4O/c1-22(2)17-7-5-11-23-20(17)26(21(22)27)16-12-15(13-16)24-19-10-9-14-6-3-4-8-18(14)25-19/h3-11,15-16H,12-13H2,1-2H3,(H,24,25). The average Bonchev–Trinajstić information content (AvgIpc) is 2.85. The van der Waals surface area contributed by atoms with Gasteiger partial charge >= 0.3 is 0 Å². The molecular formula is C22H22N4O. The smallest absolute Gasteiger partial charge is 0.238 e. The van der Waals surface area contributed by atoms with Gasteiger partial charge in [-0.1, -0.05) is 24.3 Å². The fourth-order valence-corrected chi connectivity index (χ4v) is 4.20. The van der Waals surface area contributed by atoms with E-state index in [2.05, 4.69) is 27.4 Å². The van der Waals surface area contributed by atoms with Crippen molar-refractivity contribution in [3.8, 4) is 0 Å². The first-order valence-electron chi connectivity index (χ1n) is 9.45. The van der Waals surface area contributed by atoms with Gasteiger partial charge in [0.05, 0.1) is 10.9 Å². The van der Waals surface area contributed by atoms with E-state index in [4.69, 9.17) is 0 Å². The van der Waals surface area contributed by atoms with Crippen LogP contribution in [0.25, 0.3) is 10.9 Å². The van der Waals surface area contributed by atoms with Crippen molar-refractivity contribution in [3.63, 3.8) is 0 Å². The van der Waals surface area contributed by atoms with Crippen LogP contribution in [0.3, 0.4) is 0 Å². The van der Waals surface area contributed by atoms with E-state index in [0.29, 0.717) is 6.04 Å². The topological polar surface area (TPSA) is 58.1 Å². The zero-order valence-electron chi connectivity index (χ0n) is 15.5. The highest BCUT2D eigenvalue weighted by atomic mass is 16.2. The number of amides is 1. The molecule has 1 amide bonds. The summed E-state index contributed by atoms with van der Waals surface area (Å²) in [6.07, 6.45) is 3.59. The van der Waals surface area contributed by atoms with Crippen LogP contribution < -0.4 is 10.2 Å². The van der Waals surface area contributed by atoms with Gasteiger partial charge in [0.15, 0.2) is 0 Å². The molecule has 0 atom stereocenters. The largest absolute Gasteiger partial charge is 0.367 e. The van der Waals surface area contributed by atoms with Crippen LogP contribution in [0.15, 0.2) is 54.7 Å². The highest BCUT2D eigenvalue weighted by Gasteiger charge is 2.50. The molecule has 2 aliphatic rings. The molecule has 0 saturated heterocycles. The minimum absolute atomic E-state index is 0.156. The van der Waals surface area contributed by atoms with E-state index in [1.54, 1.807) is 6.20 Å². The molecular weight excluding hydrogens is 336 g/mol. The van der Waals surface area contributed by atoms with Gasteiger partial charge < -0.3 is 5.32 Å². The Hall–Kier alpha value is -2.95. The zero-order valence-corrected chi connectivity index (χ0v) is 15.5. The van der Waals surface area contributed by atoms with E-state index in [9.17, 15) is 4.79 Å². The fraction of sp³-hybridized carbons (Fsp3) is 0.318. The molecule has 2 aromatic heterocycles. The van der Waals surface area contributed by atoms with Gasteiger partial charge in [0.1, 0.15) is 11.6 Å². The Morgan fingerprint density at radius 3 is 2.74 bits per heavy atom. The maximum Gasteiger partial charge on any atom is 0.238 e. The second kappa shape index (κ2) is 5.78. The summed E-state index contributed by atoms with van der Waals surface area (Å²) in [5.41, 5.74) is 1.53. The fourth-order valence-electron chi connectivity index (χ4n) is 4.20. The van der Waals surface area contributed by atoms with E-state index in [1.165, 1.54) is 0 Å². The van der Waals surface area contributed by atoms with Crippen molar-refractivity contribution in [3.05, 3.63) is 60.3 Å². The molecule has 0 spiro atoms. The van der Waals surface area contributed by atoms with Gasteiger partial charge in [0, 0.05) is 29.2 Å². The predicted octanol–water partition coefficient (Wildman–Crippen LogP) is 3.90. The summed E-state index contributed by atoms with van der Waals surface area (Å²) in [5, 5.41) is 4.65. The van der Waals surface area contributed by atoms with Crippen molar-refractivity contribution in [2.75, 3.05) is 10.2 Å². The molecule has 0 unspecified atom stereocenters. The van der Waals surface area contributed by atoms with Gasteiger partial charge in [-0.05, 0) is 51.0 Å². The molecule has 136 valence electrons. The Morgan fingerprint density at radius 2 is 1.89 bits per heavy atom. The van der Waals surface area contributed by atoms with Gasteiger partial charge in [-0.15, -0.1) is 0 Å². The lowest BCUT2D eigenvalue weighted by atomic mass is 9.84. The number of nitrogens with zero attached hydrogens (tertiary/aromatic N) is 3. The van der Waals surface area contributed by atoms with Gasteiger partial charge in [-0.3, -0.25) is 9.69 Å². The summed E-state index contributed by atoms with van der Waals surface area (Å²) in [7, 11) is 0. The molecule has 0 bridgehead atoms. The summed E-state index contributed by atoms with van der Waals surface area (Å²) in [4.78, 5) is 24.1. The first kappa shape index (κ1) is 16.2. The van der Waals surface area contributed by atoms with Crippen LogP contribution in [0.2, 0.25) is 0 Å². The van der Waals surface area contributed by atoms with Crippen LogP contribution in [0.5, 0.6) is 0 Å². The molecule has 1 aromatic carbocycles. The molecule has 3 aromatic rings. The molecule has 1 saturated carbocycles. The maximum absolute atomic E-state index is 13.0. The number of hydrogen-bond donors (Lipinski definition) is 1. The Kier molecular flexibility index (Phi) is 3.47. The van der Waals surface area contributed by atoms with Crippen molar-refractivity contribution < 1.29 is 4.79 Å². The van der Waals surface area contributed by atoms with Crippen LogP contribution in [0.1, 0.15) is 32.3 Å². The van der Waals surface area contributed by atoms with Crippen molar-refractivity contribution in [2.24, 2.45) is 0 Å². The highest BCUT2D eigenvalue weighted by molar-refractivity contribution is 6.07. The molecule has 5 rings (SSSR count). The minimum atomic E-state index is -0.498. The lowest BCUT2D eigenvalue weighted by molar-refractivity contribution is -0.122. The number of carbonyl (C=O) groups excluding carboxylic acids is 1. The van der Waals surface area contributed by atoms with Gasteiger partial charge in [-0.2, -0.15) is 0 Å². The molecule has 1 N–H and O–H groups in total. The Labute approximate surface area is 158 Å². The molecule has 5 nitrogen and oxygen atoms in total. The number of carbonyl (C=O) groups is 1. The van der Waals surface area contributed by atoms with Gasteiger partial charge in [0.2, 0.25) is 5.91 Å². The third kappa shape index (κ3) is 2.49. The number of pyridine rings is 2. The summed E-state index contributed by atoms with van der Waals surface area (Å²) in [5.74, 6) is 1.88. The highest BCUT2D eigenvalue weighted by Crippen LogP contribution is 2.44. The summed E-state index contributed by atoms with van der Waals surface area (Å²) >= 11 is 0. The molecule has 1 fully saturated rings. The van der Waals surface area contributed by atoms with Crippen molar-refractivity contribution in [1.82, 2.24) is 9.97 Å². The summed E-state index contributed by atoms with van der Waals surface area (Å²) in [6.45, 7) is 3.98. The number of rotatable bonds is 3. The summed E-state index contributed by atoms with van der Waals surface area (Å²) < 4.78 is 0. The number of aromatic nitrogens is 2. The van der Waals surface area contributed by atoms with E-state index in [0.717, 1.165) is 40.9 Å². The minimum Gasteiger partial charge on any atom is -0.367 e. The second-order valence-corrected chi connectivity index (χ2v) is 8.03. The quantitative estimate of drug-likeness (QED) is 0.771.